The maximum absolute atomic E-state index is 8.75. The van der Waals surface area contributed by atoms with Crippen LogP contribution in [0.2, 0.25) is 0 Å². The van der Waals surface area contributed by atoms with Crippen LogP contribution in [0.5, 0.6) is 5.75 Å². The van der Waals surface area contributed by atoms with E-state index >= 15 is 0 Å². The van der Waals surface area contributed by atoms with Crippen LogP contribution in [0.25, 0.3) is 0 Å². The SMILES string of the molecule is C=C(C)OC(=NO)C(=C)COc1ccccc1. The average Bonchev–Trinajstić information content (AvgIpc) is 2.34. The maximum Gasteiger partial charge on any atom is 0.261 e. The first kappa shape index (κ1) is 12.8. The summed E-state index contributed by atoms with van der Waals surface area (Å²) in [4.78, 5) is 0. The quantitative estimate of drug-likeness (QED) is 0.280. The van der Waals surface area contributed by atoms with Gasteiger partial charge in [-0.1, -0.05) is 31.4 Å². The summed E-state index contributed by atoms with van der Waals surface area (Å²) in [5.41, 5.74) is 0.430. The van der Waals surface area contributed by atoms with Gasteiger partial charge >= 0.3 is 0 Å². The predicted octanol–water partition coefficient (Wildman–Crippen LogP) is 2.96. The van der Waals surface area contributed by atoms with E-state index in [9.17, 15) is 0 Å². The summed E-state index contributed by atoms with van der Waals surface area (Å²) in [6.45, 7) is 9.09. The summed E-state index contributed by atoms with van der Waals surface area (Å²) in [5, 5.41) is 11.7. The zero-order valence-electron chi connectivity index (χ0n) is 9.72. The van der Waals surface area contributed by atoms with Gasteiger partial charge in [0.15, 0.2) is 0 Å². The lowest BCUT2D eigenvalue weighted by molar-refractivity contribution is 0.285. The molecule has 1 aromatic rings. The van der Waals surface area contributed by atoms with Gasteiger partial charge in [0.05, 0.1) is 5.76 Å². The van der Waals surface area contributed by atoms with E-state index in [0.717, 1.165) is 0 Å². The number of allylic oxidation sites excluding steroid dienone is 1. The van der Waals surface area contributed by atoms with Gasteiger partial charge < -0.3 is 14.7 Å². The maximum atomic E-state index is 8.75. The highest BCUT2D eigenvalue weighted by atomic mass is 16.5. The Morgan fingerprint density at radius 2 is 1.94 bits per heavy atom. The molecule has 4 nitrogen and oxygen atoms in total. The molecule has 0 fully saturated rings. The van der Waals surface area contributed by atoms with Gasteiger partial charge in [-0.05, 0) is 24.2 Å². The smallest absolute Gasteiger partial charge is 0.261 e. The van der Waals surface area contributed by atoms with Crippen molar-refractivity contribution in [1.82, 2.24) is 0 Å². The molecule has 4 heteroatoms. The zero-order chi connectivity index (χ0) is 12.7. The lowest BCUT2D eigenvalue weighted by Gasteiger charge is -2.10. The summed E-state index contributed by atoms with van der Waals surface area (Å²) in [6, 6.07) is 9.27. The molecule has 1 N–H and O–H groups in total. The molecule has 0 radical (unpaired) electrons. The minimum atomic E-state index is 0.00781. The van der Waals surface area contributed by atoms with Crippen molar-refractivity contribution in [3.05, 3.63) is 54.8 Å². The summed E-state index contributed by atoms with van der Waals surface area (Å²) in [6.07, 6.45) is 0. The minimum absolute atomic E-state index is 0.00781. The molecule has 0 aliphatic carbocycles. The molecule has 0 unspecified atom stereocenters. The third-order valence-corrected chi connectivity index (χ3v) is 1.82. The van der Waals surface area contributed by atoms with E-state index < -0.39 is 0 Å². The van der Waals surface area contributed by atoms with Crippen molar-refractivity contribution in [3.8, 4) is 5.75 Å². The van der Waals surface area contributed by atoms with Crippen molar-refractivity contribution in [2.45, 2.75) is 6.92 Å². The molecule has 0 atom stereocenters. The van der Waals surface area contributed by atoms with Gasteiger partial charge in [-0.3, -0.25) is 0 Å². The normalized spacial score (nSPS) is 10.8. The van der Waals surface area contributed by atoms with Crippen molar-refractivity contribution in [1.29, 1.82) is 0 Å². The summed E-state index contributed by atoms with van der Waals surface area (Å²) in [5.74, 6) is 1.13. The molecule has 1 rings (SSSR count). The third kappa shape index (κ3) is 4.42. The molecule has 0 aromatic heterocycles. The van der Waals surface area contributed by atoms with Crippen LogP contribution in [0.4, 0.5) is 0 Å². The first-order valence-corrected chi connectivity index (χ1v) is 5.05. The van der Waals surface area contributed by atoms with Crippen LogP contribution in [-0.2, 0) is 4.74 Å². The van der Waals surface area contributed by atoms with Crippen LogP contribution in [-0.4, -0.2) is 17.7 Å². The van der Waals surface area contributed by atoms with Gasteiger partial charge in [0.2, 0.25) is 0 Å². The zero-order valence-corrected chi connectivity index (χ0v) is 9.72. The summed E-state index contributed by atoms with van der Waals surface area (Å²) >= 11 is 0. The molecule has 0 heterocycles. The van der Waals surface area contributed by atoms with E-state index in [2.05, 4.69) is 18.3 Å². The standard InChI is InChI=1S/C13H15NO3/c1-10(2)17-13(14-15)11(3)9-16-12-7-5-4-6-8-12/h4-8,15H,1,3,9H2,2H3. The van der Waals surface area contributed by atoms with Crippen LogP contribution < -0.4 is 4.74 Å². The number of ether oxygens (including phenoxy) is 2. The van der Waals surface area contributed by atoms with Crippen LogP contribution >= 0.6 is 0 Å². The number of hydrogen-bond acceptors (Lipinski definition) is 4. The molecular weight excluding hydrogens is 218 g/mol. The Balaban J connectivity index is 2.52. The number of rotatable bonds is 5. The number of nitrogens with zero attached hydrogens (tertiary/aromatic N) is 1. The van der Waals surface area contributed by atoms with Crippen molar-refractivity contribution in [2.75, 3.05) is 6.61 Å². The lowest BCUT2D eigenvalue weighted by Crippen LogP contribution is -2.13. The van der Waals surface area contributed by atoms with Gasteiger partial charge in [-0.2, -0.15) is 0 Å². The largest absolute Gasteiger partial charge is 0.489 e. The molecule has 0 bridgehead atoms. The second kappa shape index (κ2) is 6.37. The fourth-order valence-corrected chi connectivity index (χ4v) is 1.08. The van der Waals surface area contributed by atoms with E-state index in [-0.39, 0.29) is 12.5 Å². The van der Waals surface area contributed by atoms with E-state index in [4.69, 9.17) is 14.7 Å². The van der Waals surface area contributed by atoms with Gasteiger partial charge in [0, 0.05) is 5.57 Å². The molecule has 0 amide bonds. The fraction of sp³-hybridized carbons (Fsp3) is 0.154. The molecule has 0 saturated heterocycles. The van der Waals surface area contributed by atoms with Gasteiger partial charge in [-0.15, -0.1) is 0 Å². The molecule has 1 aromatic carbocycles. The molecule has 17 heavy (non-hydrogen) atoms. The van der Waals surface area contributed by atoms with Crippen LogP contribution in [0.3, 0.4) is 0 Å². The average molecular weight is 233 g/mol. The Kier molecular flexibility index (Phi) is 4.81. The van der Waals surface area contributed by atoms with Gasteiger partial charge in [0.25, 0.3) is 5.90 Å². The number of benzene rings is 1. The number of hydrogen-bond donors (Lipinski definition) is 1. The van der Waals surface area contributed by atoms with Crippen LogP contribution in [0, 0.1) is 0 Å². The highest BCUT2D eigenvalue weighted by Crippen LogP contribution is 2.10. The molecule has 0 saturated carbocycles. The Morgan fingerprint density at radius 1 is 1.29 bits per heavy atom. The van der Waals surface area contributed by atoms with Crippen molar-refractivity contribution in [3.63, 3.8) is 0 Å². The number of oxime groups is 1. The Morgan fingerprint density at radius 3 is 2.47 bits per heavy atom. The predicted molar refractivity (Wildman–Crippen MR) is 66.2 cm³/mol. The highest BCUT2D eigenvalue weighted by Gasteiger charge is 2.08. The van der Waals surface area contributed by atoms with Crippen LogP contribution in [0.15, 0.2) is 60.0 Å². The van der Waals surface area contributed by atoms with E-state index in [0.29, 0.717) is 17.1 Å². The van der Waals surface area contributed by atoms with E-state index in [1.165, 1.54) is 0 Å². The monoisotopic (exact) mass is 233 g/mol. The minimum Gasteiger partial charge on any atom is -0.489 e. The first-order chi connectivity index (χ1) is 8.13. The Hall–Kier alpha value is -2.23. The Labute approximate surface area is 100 Å². The topological polar surface area (TPSA) is 51.0 Å². The van der Waals surface area contributed by atoms with E-state index in [1.807, 2.05) is 30.3 Å². The fourth-order valence-electron chi connectivity index (χ4n) is 1.08. The molecular formula is C13H15NO3. The molecule has 0 spiro atoms. The second-order valence-electron chi connectivity index (χ2n) is 3.41. The lowest BCUT2D eigenvalue weighted by atomic mass is 10.3. The van der Waals surface area contributed by atoms with Gasteiger partial charge in [-0.25, -0.2) is 0 Å². The van der Waals surface area contributed by atoms with Crippen molar-refractivity contribution in [2.24, 2.45) is 5.16 Å². The Bertz CT molecular complexity index is 424. The highest BCUT2D eigenvalue weighted by molar-refractivity contribution is 5.93. The third-order valence-electron chi connectivity index (χ3n) is 1.82. The molecule has 90 valence electrons. The second-order valence-corrected chi connectivity index (χ2v) is 3.41. The van der Waals surface area contributed by atoms with E-state index in [1.54, 1.807) is 6.92 Å². The van der Waals surface area contributed by atoms with Gasteiger partial charge in [0.1, 0.15) is 12.4 Å². The number of para-hydroxylation sites is 1. The summed E-state index contributed by atoms with van der Waals surface area (Å²) in [7, 11) is 0. The van der Waals surface area contributed by atoms with Crippen LogP contribution in [0.1, 0.15) is 6.92 Å². The molecule has 0 aliphatic heterocycles. The van der Waals surface area contributed by atoms with Crippen molar-refractivity contribution >= 4 is 5.90 Å². The van der Waals surface area contributed by atoms with Crippen molar-refractivity contribution < 1.29 is 14.7 Å². The molecule has 0 aliphatic rings. The first-order valence-electron chi connectivity index (χ1n) is 5.05. The summed E-state index contributed by atoms with van der Waals surface area (Å²) < 4.78 is 10.5.